The fourth-order valence-electron chi connectivity index (χ4n) is 3.40. The van der Waals surface area contributed by atoms with Gasteiger partial charge in [-0.3, -0.25) is 0 Å². The maximum atomic E-state index is 10.8. The monoisotopic (exact) mass is 290 g/mol. The van der Waals surface area contributed by atoms with E-state index in [0.29, 0.717) is 0 Å². The third kappa shape index (κ3) is 4.74. The molecule has 0 aromatic heterocycles. The van der Waals surface area contributed by atoms with Crippen molar-refractivity contribution in [1.29, 1.82) is 0 Å². The first kappa shape index (κ1) is 16.4. The van der Waals surface area contributed by atoms with Gasteiger partial charge < -0.3 is 9.84 Å². The van der Waals surface area contributed by atoms with Gasteiger partial charge in [-0.15, -0.1) is 0 Å². The molecule has 0 amide bonds. The molecule has 1 unspecified atom stereocenters. The predicted molar refractivity (Wildman–Crippen MR) is 88.0 cm³/mol. The van der Waals surface area contributed by atoms with Gasteiger partial charge in [-0.05, 0) is 42.5 Å². The molecule has 0 radical (unpaired) electrons. The molecular weight excluding hydrogens is 260 g/mol. The van der Waals surface area contributed by atoms with Gasteiger partial charge in [0.25, 0.3) is 0 Å². The van der Waals surface area contributed by atoms with E-state index >= 15 is 0 Å². The Morgan fingerprint density at radius 3 is 2.62 bits per heavy atom. The number of hydrogen-bond acceptors (Lipinski definition) is 2. The number of aliphatic hydroxyl groups is 1. The number of unbranched alkanes of at least 4 members (excludes halogenated alkanes) is 5. The summed E-state index contributed by atoms with van der Waals surface area (Å²) in [7, 11) is 1.70. The van der Waals surface area contributed by atoms with Crippen LogP contribution in [0.25, 0.3) is 0 Å². The summed E-state index contributed by atoms with van der Waals surface area (Å²) in [5, 5.41) is 10.8. The number of aryl methyl sites for hydroxylation is 1. The van der Waals surface area contributed by atoms with Gasteiger partial charge in [-0.25, -0.2) is 0 Å². The van der Waals surface area contributed by atoms with Gasteiger partial charge in [0.05, 0.1) is 12.7 Å². The van der Waals surface area contributed by atoms with Crippen molar-refractivity contribution in [2.75, 3.05) is 7.11 Å². The highest BCUT2D eigenvalue weighted by Gasteiger charge is 2.31. The summed E-state index contributed by atoms with van der Waals surface area (Å²) in [6.45, 7) is 2.25. The zero-order chi connectivity index (χ0) is 15.1. The van der Waals surface area contributed by atoms with Crippen LogP contribution in [0.4, 0.5) is 0 Å². The lowest BCUT2D eigenvalue weighted by atomic mass is 9.77. The summed E-state index contributed by atoms with van der Waals surface area (Å²) in [5.41, 5.74) is 2.15. The summed E-state index contributed by atoms with van der Waals surface area (Å²) in [6.07, 6.45) is 11.3. The van der Waals surface area contributed by atoms with Crippen LogP contribution in [0.3, 0.4) is 0 Å². The molecule has 0 saturated carbocycles. The van der Waals surface area contributed by atoms with E-state index in [2.05, 4.69) is 19.1 Å². The Hall–Kier alpha value is -1.02. The average Bonchev–Trinajstić information content (AvgIpc) is 2.50. The minimum absolute atomic E-state index is 0.496. The fraction of sp³-hybridized carbons (Fsp3) is 0.684. The number of methoxy groups -OCH3 is 1. The third-order valence-corrected chi connectivity index (χ3v) is 4.79. The minimum Gasteiger partial charge on any atom is -0.497 e. The van der Waals surface area contributed by atoms with E-state index < -0.39 is 5.60 Å². The standard InChI is InChI=1S/C19H30O2/c1-3-4-5-6-7-8-12-19(20)13-11-16-9-10-18(21-2)14-17(16)15-19/h9-10,14,20H,3-8,11-13,15H2,1-2H3. The first-order valence-corrected chi connectivity index (χ1v) is 8.55. The lowest BCUT2D eigenvalue weighted by Gasteiger charge is -2.34. The number of benzene rings is 1. The molecule has 0 saturated heterocycles. The van der Waals surface area contributed by atoms with Crippen molar-refractivity contribution in [3.8, 4) is 5.75 Å². The molecule has 0 aliphatic heterocycles. The van der Waals surface area contributed by atoms with Crippen molar-refractivity contribution in [2.45, 2.75) is 76.7 Å². The zero-order valence-electron chi connectivity index (χ0n) is 13.7. The van der Waals surface area contributed by atoms with E-state index in [0.717, 1.165) is 37.9 Å². The van der Waals surface area contributed by atoms with Gasteiger partial charge in [0.1, 0.15) is 5.75 Å². The van der Waals surface area contributed by atoms with Crippen molar-refractivity contribution in [1.82, 2.24) is 0 Å². The highest BCUT2D eigenvalue weighted by Crippen LogP contribution is 2.34. The number of hydrogen-bond donors (Lipinski definition) is 1. The van der Waals surface area contributed by atoms with Crippen LogP contribution in [-0.2, 0) is 12.8 Å². The van der Waals surface area contributed by atoms with E-state index in [1.165, 1.54) is 43.2 Å². The van der Waals surface area contributed by atoms with Crippen LogP contribution in [0.2, 0.25) is 0 Å². The summed E-state index contributed by atoms with van der Waals surface area (Å²) >= 11 is 0. The second kappa shape index (κ2) is 7.84. The molecule has 1 aliphatic carbocycles. The maximum Gasteiger partial charge on any atom is 0.119 e. The van der Waals surface area contributed by atoms with E-state index in [9.17, 15) is 5.11 Å². The van der Waals surface area contributed by atoms with Crippen LogP contribution in [0.1, 0.15) is 69.4 Å². The number of ether oxygens (including phenoxy) is 1. The van der Waals surface area contributed by atoms with Gasteiger partial charge in [-0.2, -0.15) is 0 Å². The van der Waals surface area contributed by atoms with Crippen LogP contribution < -0.4 is 4.74 Å². The molecule has 1 aromatic rings. The number of fused-ring (bicyclic) bond motifs is 1. The molecule has 1 N–H and O–H groups in total. The van der Waals surface area contributed by atoms with Crippen molar-refractivity contribution in [2.24, 2.45) is 0 Å². The van der Waals surface area contributed by atoms with Gasteiger partial charge in [0.2, 0.25) is 0 Å². The smallest absolute Gasteiger partial charge is 0.119 e. The molecule has 0 spiro atoms. The summed E-state index contributed by atoms with van der Waals surface area (Å²) in [5.74, 6) is 0.901. The van der Waals surface area contributed by atoms with Crippen LogP contribution in [-0.4, -0.2) is 17.8 Å². The second-order valence-corrected chi connectivity index (χ2v) is 6.55. The molecule has 2 heteroatoms. The highest BCUT2D eigenvalue weighted by molar-refractivity contribution is 5.38. The van der Waals surface area contributed by atoms with Gasteiger partial charge in [0.15, 0.2) is 0 Å². The average molecular weight is 290 g/mol. The highest BCUT2D eigenvalue weighted by atomic mass is 16.5. The van der Waals surface area contributed by atoms with Crippen LogP contribution in [0.5, 0.6) is 5.75 Å². The van der Waals surface area contributed by atoms with E-state index in [4.69, 9.17) is 4.74 Å². The Morgan fingerprint density at radius 2 is 1.86 bits per heavy atom. The van der Waals surface area contributed by atoms with Crippen molar-refractivity contribution >= 4 is 0 Å². The quantitative estimate of drug-likeness (QED) is 0.705. The largest absolute Gasteiger partial charge is 0.497 e. The van der Waals surface area contributed by atoms with Crippen LogP contribution in [0.15, 0.2) is 18.2 Å². The Labute approximate surface area is 129 Å². The van der Waals surface area contributed by atoms with Gasteiger partial charge in [0, 0.05) is 6.42 Å². The fourth-order valence-corrected chi connectivity index (χ4v) is 3.40. The van der Waals surface area contributed by atoms with Gasteiger partial charge in [-0.1, -0.05) is 51.5 Å². The molecule has 118 valence electrons. The summed E-state index contributed by atoms with van der Waals surface area (Å²) in [4.78, 5) is 0. The van der Waals surface area contributed by atoms with Gasteiger partial charge >= 0.3 is 0 Å². The second-order valence-electron chi connectivity index (χ2n) is 6.55. The first-order valence-electron chi connectivity index (χ1n) is 8.55. The van der Waals surface area contributed by atoms with E-state index in [1.807, 2.05) is 6.07 Å². The lowest BCUT2D eigenvalue weighted by molar-refractivity contribution is 0.0154. The molecule has 1 atom stereocenters. The summed E-state index contributed by atoms with van der Waals surface area (Å²) < 4.78 is 5.30. The Morgan fingerprint density at radius 1 is 1.10 bits per heavy atom. The lowest BCUT2D eigenvalue weighted by Crippen LogP contribution is -2.35. The molecule has 0 bridgehead atoms. The van der Waals surface area contributed by atoms with Crippen LogP contribution >= 0.6 is 0 Å². The maximum absolute atomic E-state index is 10.8. The molecule has 1 aliphatic rings. The molecular formula is C19H30O2. The Kier molecular flexibility index (Phi) is 6.10. The molecule has 2 nitrogen and oxygen atoms in total. The topological polar surface area (TPSA) is 29.5 Å². The van der Waals surface area contributed by atoms with E-state index in [1.54, 1.807) is 7.11 Å². The predicted octanol–water partition coefficient (Wildman–Crippen LogP) is 4.67. The minimum atomic E-state index is -0.496. The van der Waals surface area contributed by atoms with Crippen molar-refractivity contribution < 1.29 is 9.84 Å². The molecule has 21 heavy (non-hydrogen) atoms. The summed E-state index contributed by atoms with van der Waals surface area (Å²) in [6, 6.07) is 6.27. The normalized spacial score (nSPS) is 21.1. The zero-order valence-corrected chi connectivity index (χ0v) is 13.7. The van der Waals surface area contributed by atoms with Crippen molar-refractivity contribution in [3.63, 3.8) is 0 Å². The third-order valence-electron chi connectivity index (χ3n) is 4.79. The van der Waals surface area contributed by atoms with Crippen molar-refractivity contribution in [3.05, 3.63) is 29.3 Å². The molecule has 0 heterocycles. The molecule has 2 rings (SSSR count). The van der Waals surface area contributed by atoms with E-state index in [-0.39, 0.29) is 0 Å². The SMILES string of the molecule is CCCCCCCCC1(O)CCc2ccc(OC)cc2C1. The first-order chi connectivity index (χ1) is 10.2. The Bertz CT molecular complexity index is 441. The number of rotatable bonds is 8. The van der Waals surface area contributed by atoms with Crippen LogP contribution in [0, 0.1) is 0 Å². The molecule has 0 fully saturated rings. The molecule has 1 aromatic carbocycles. The Balaban J connectivity index is 1.83.